The first-order valence-electron chi connectivity index (χ1n) is 9.68. The molecule has 0 radical (unpaired) electrons. The Morgan fingerprint density at radius 3 is 1.61 bits per heavy atom. The van der Waals surface area contributed by atoms with Crippen molar-refractivity contribution >= 4 is 41.1 Å². The van der Waals surface area contributed by atoms with Crippen LogP contribution in [-0.2, 0) is 19.2 Å². The minimum absolute atomic E-state index is 0.0574. The molecule has 1 amide bonds. The molecule has 0 aliphatic carbocycles. The minimum atomic E-state index is -2.17. The highest BCUT2D eigenvalue weighted by Gasteiger charge is 2.47. The van der Waals surface area contributed by atoms with Crippen molar-refractivity contribution < 1.29 is 33.8 Å². The van der Waals surface area contributed by atoms with Crippen molar-refractivity contribution in [3.05, 3.63) is 90.0 Å². The second kappa shape index (κ2) is 10.9. The van der Waals surface area contributed by atoms with Crippen LogP contribution in [0.4, 0.5) is 5.69 Å². The second-order valence-electron chi connectivity index (χ2n) is 6.76. The zero-order valence-corrected chi connectivity index (χ0v) is 17.8. The summed E-state index contributed by atoms with van der Waals surface area (Å²) in [5.74, 6) is -9.40. The summed E-state index contributed by atoms with van der Waals surface area (Å²) in [6.45, 7) is 0. The number of carboxylic acid groups (broad SMARTS) is 1. The Morgan fingerprint density at radius 2 is 1.15 bits per heavy atom. The van der Waals surface area contributed by atoms with Gasteiger partial charge in [0.15, 0.2) is 11.8 Å². The summed E-state index contributed by atoms with van der Waals surface area (Å²) in [4.78, 5) is 50.7. The van der Waals surface area contributed by atoms with E-state index in [4.69, 9.17) is 21.1 Å². The molecule has 0 bridgehead atoms. The lowest BCUT2D eigenvalue weighted by molar-refractivity contribution is -0.164. The van der Waals surface area contributed by atoms with E-state index in [9.17, 15) is 24.3 Å². The van der Waals surface area contributed by atoms with Gasteiger partial charge >= 0.3 is 17.9 Å². The molecule has 0 aliphatic rings. The Bertz CT molecular complexity index is 1130. The van der Waals surface area contributed by atoms with E-state index in [0.717, 1.165) is 0 Å². The average molecular weight is 468 g/mol. The summed E-state index contributed by atoms with van der Waals surface area (Å²) < 4.78 is 10.3. The van der Waals surface area contributed by atoms with Crippen LogP contribution in [0.5, 0.6) is 11.5 Å². The van der Waals surface area contributed by atoms with E-state index in [-0.39, 0.29) is 17.2 Å². The smallest absolute Gasteiger partial charge is 0.327 e. The first kappa shape index (κ1) is 23.5. The number of rotatable bonds is 8. The van der Waals surface area contributed by atoms with E-state index in [2.05, 4.69) is 5.32 Å². The van der Waals surface area contributed by atoms with Gasteiger partial charge < -0.3 is 19.9 Å². The van der Waals surface area contributed by atoms with Gasteiger partial charge in [-0.2, -0.15) is 0 Å². The molecule has 0 heterocycles. The molecular formula is C24H18ClNO7. The van der Waals surface area contributed by atoms with Crippen LogP contribution < -0.4 is 14.8 Å². The van der Waals surface area contributed by atoms with Gasteiger partial charge in [0.25, 0.3) is 0 Å². The highest BCUT2D eigenvalue weighted by atomic mass is 35.5. The van der Waals surface area contributed by atoms with Gasteiger partial charge in [-0.25, -0.2) is 0 Å². The predicted octanol–water partition coefficient (Wildman–Crippen LogP) is 3.81. The maximum Gasteiger partial charge on any atom is 0.327 e. The number of nitrogens with one attached hydrogen (secondary N) is 1. The van der Waals surface area contributed by atoms with Crippen molar-refractivity contribution in [1.82, 2.24) is 0 Å². The highest BCUT2D eigenvalue weighted by molar-refractivity contribution is 6.30. The molecular weight excluding hydrogens is 450 g/mol. The Kier molecular flexibility index (Phi) is 7.77. The van der Waals surface area contributed by atoms with E-state index in [0.29, 0.717) is 5.02 Å². The third kappa shape index (κ3) is 6.41. The number of hydrogen-bond acceptors (Lipinski definition) is 6. The van der Waals surface area contributed by atoms with Crippen LogP contribution in [0.15, 0.2) is 84.9 Å². The fraction of sp³-hybridized carbons (Fsp3) is 0.0833. The Hall–Kier alpha value is -4.17. The monoisotopic (exact) mass is 467 g/mol. The van der Waals surface area contributed by atoms with Gasteiger partial charge in [0.1, 0.15) is 11.5 Å². The quantitative estimate of drug-likeness (QED) is 0.294. The molecule has 0 aromatic heterocycles. The molecule has 2 N–H and O–H groups in total. The van der Waals surface area contributed by atoms with Gasteiger partial charge in [-0.15, -0.1) is 0 Å². The molecule has 33 heavy (non-hydrogen) atoms. The number of carbonyl (C=O) groups excluding carboxylic acids is 3. The van der Waals surface area contributed by atoms with E-state index < -0.39 is 35.7 Å². The molecule has 3 rings (SSSR count). The van der Waals surface area contributed by atoms with Crippen molar-refractivity contribution in [1.29, 1.82) is 0 Å². The molecule has 2 atom stereocenters. The molecule has 0 saturated heterocycles. The van der Waals surface area contributed by atoms with Crippen LogP contribution in [0.2, 0.25) is 5.02 Å². The highest BCUT2D eigenvalue weighted by Crippen LogP contribution is 2.23. The number of halogens is 1. The first-order chi connectivity index (χ1) is 15.8. The van der Waals surface area contributed by atoms with Crippen LogP contribution in [0.3, 0.4) is 0 Å². The third-order valence-corrected chi connectivity index (χ3v) is 4.68. The van der Waals surface area contributed by atoms with Crippen LogP contribution in [0.25, 0.3) is 0 Å². The molecule has 3 aromatic rings. The van der Waals surface area contributed by atoms with E-state index >= 15 is 0 Å². The number of anilines is 1. The molecule has 168 valence electrons. The number of benzene rings is 3. The normalized spacial score (nSPS) is 12.2. The number of para-hydroxylation sites is 2. The van der Waals surface area contributed by atoms with E-state index in [1.54, 1.807) is 36.4 Å². The van der Waals surface area contributed by atoms with Crippen molar-refractivity contribution in [2.24, 2.45) is 11.8 Å². The van der Waals surface area contributed by atoms with Crippen LogP contribution in [0.1, 0.15) is 0 Å². The number of aliphatic carboxylic acids is 1. The number of carbonyl (C=O) groups is 4. The molecule has 0 saturated carbocycles. The van der Waals surface area contributed by atoms with Crippen molar-refractivity contribution in [3.8, 4) is 11.5 Å². The van der Waals surface area contributed by atoms with E-state index in [1.165, 1.54) is 48.5 Å². The van der Waals surface area contributed by atoms with Gasteiger partial charge in [-0.05, 0) is 48.5 Å². The van der Waals surface area contributed by atoms with Crippen molar-refractivity contribution in [3.63, 3.8) is 0 Å². The van der Waals surface area contributed by atoms with Gasteiger partial charge in [0.05, 0.1) is 0 Å². The standard InChI is InChI=1S/C24H18ClNO7/c25-15-11-13-16(14-12-15)26-21(27)19(23(30)32-17-7-3-1-4-8-17)20(22(28)29)24(31)33-18-9-5-2-6-10-18/h1-14,19-20H,(H,26,27)(H,28,29)/t19-,20+/m0/s1. The average Bonchev–Trinajstić information content (AvgIpc) is 2.79. The van der Waals surface area contributed by atoms with Crippen molar-refractivity contribution in [2.45, 2.75) is 0 Å². The lowest BCUT2D eigenvalue weighted by Gasteiger charge is -2.21. The number of carboxylic acids is 1. The maximum absolute atomic E-state index is 13.0. The van der Waals surface area contributed by atoms with Gasteiger partial charge in [0, 0.05) is 10.7 Å². The van der Waals surface area contributed by atoms with Crippen molar-refractivity contribution in [2.75, 3.05) is 5.32 Å². The lowest BCUT2D eigenvalue weighted by Crippen LogP contribution is -2.46. The minimum Gasteiger partial charge on any atom is -0.481 e. The Labute approximate surface area is 193 Å². The maximum atomic E-state index is 13.0. The number of esters is 2. The molecule has 8 nitrogen and oxygen atoms in total. The Balaban J connectivity index is 1.92. The summed E-state index contributed by atoms with van der Waals surface area (Å²) in [5, 5.41) is 12.6. The second-order valence-corrected chi connectivity index (χ2v) is 7.19. The number of ether oxygens (including phenoxy) is 2. The summed E-state index contributed by atoms with van der Waals surface area (Å²) in [6.07, 6.45) is 0. The number of amides is 1. The van der Waals surface area contributed by atoms with Crippen LogP contribution in [0, 0.1) is 11.8 Å². The summed E-state index contributed by atoms with van der Waals surface area (Å²) >= 11 is 5.84. The Morgan fingerprint density at radius 1 is 0.697 bits per heavy atom. The topological polar surface area (TPSA) is 119 Å². The number of hydrogen-bond donors (Lipinski definition) is 2. The molecule has 0 unspecified atom stereocenters. The summed E-state index contributed by atoms with van der Waals surface area (Å²) in [6, 6.07) is 21.3. The summed E-state index contributed by atoms with van der Waals surface area (Å²) in [5.41, 5.74) is 0.238. The van der Waals surface area contributed by atoms with Gasteiger partial charge in [-0.1, -0.05) is 48.0 Å². The van der Waals surface area contributed by atoms with Crippen LogP contribution in [-0.4, -0.2) is 28.9 Å². The SMILES string of the molecule is O=C(O)[C@H](C(=O)Oc1ccccc1)[C@@H](C(=O)Nc1ccc(Cl)cc1)C(=O)Oc1ccccc1. The van der Waals surface area contributed by atoms with E-state index in [1.807, 2.05) is 0 Å². The fourth-order valence-corrected chi connectivity index (χ4v) is 2.99. The zero-order chi connectivity index (χ0) is 23.8. The molecule has 0 spiro atoms. The fourth-order valence-electron chi connectivity index (χ4n) is 2.86. The first-order valence-corrected chi connectivity index (χ1v) is 10.1. The van der Waals surface area contributed by atoms with Crippen LogP contribution >= 0.6 is 11.6 Å². The van der Waals surface area contributed by atoms with Gasteiger partial charge in [-0.3, -0.25) is 19.2 Å². The molecule has 9 heteroatoms. The molecule has 0 aliphatic heterocycles. The van der Waals surface area contributed by atoms with Gasteiger partial charge in [0.2, 0.25) is 5.91 Å². The largest absolute Gasteiger partial charge is 0.481 e. The predicted molar refractivity (Wildman–Crippen MR) is 119 cm³/mol. The third-order valence-electron chi connectivity index (χ3n) is 4.42. The molecule has 3 aromatic carbocycles. The molecule has 0 fully saturated rings. The summed E-state index contributed by atoms with van der Waals surface area (Å²) in [7, 11) is 0. The lowest BCUT2D eigenvalue weighted by atomic mass is 9.91. The zero-order valence-electron chi connectivity index (χ0n) is 17.0.